The van der Waals surface area contributed by atoms with Crippen LogP contribution in [0.15, 0.2) is 0 Å². The normalized spacial score (nSPS) is 20.6. The fourth-order valence-corrected chi connectivity index (χ4v) is 3.23. The molecule has 0 aromatic heterocycles. The lowest BCUT2D eigenvalue weighted by molar-refractivity contribution is 0.149. The van der Waals surface area contributed by atoms with E-state index in [9.17, 15) is 13.7 Å². The fraction of sp³-hybridized carbons (Fsp3) is 0. The van der Waals surface area contributed by atoms with Crippen molar-refractivity contribution in [2.75, 3.05) is 0 Å². The van der Waals surface area contributed by atoms with Crippen molar-refractivity contribution in [3.63, 3.8) is 0 Å². The highest BCUT2D eigenvalue weighted by atomic mass is 31.3. The Morgan fingerprint density at radius 3 is 1.60 bits per heavy atom. The average molecular weight is 288 g/mol. The maximum Gasteiger partial charge on any atom is 0.509 e. The van der Waals surface area contributed by atoms with Crippen molar-refractivity contribution < 1.29 is 46.2 Å². The summed E-state index contributed by atoms with van der Waals surface area (Å²) < 4.78 is 45.5. The first-order valence-corrected chi connectivity index (χ1v) is 7.20. The number of rotatable bonds is 6. The second-order valence-electron chi connectivity index (χ2n) is 1.78. The first-order valence-electron chi connectivity index (χ1n) is 2.71. The Bertz CT molecular complexity index is 341. The van der Waals surface area contributed by atoms with Crippen molar-refractivity contribution in [3.8, 4) is 0 Å². The summed E-state index contributed by atoms with van der Waals surface area (Å²) in [5.74, 6) is 8.52. The standard InChI is InChI=1S/H7N2O10P3/c1-9-14(6,7)12-15(8,10-2)11-13(3,4)5/h1-2H2,(H,6,7)(H2,3,4,5). The second-order valence-corrected chi connectivity index (χ2v) is 6.32. The summed E-state index contributed by atoms with van der Waals surface area (Å²) in [4.78, 5) is 25.0. The molecular formula is H7N2O10P3. The molecule has 0 saturated heterocycles. The average Bonchev–Trinajstić information content (AvgIpc) is 2.00. The summed E-state index contributed by atoms with van der Waals surface area (Å²) in [6, 6.07) is 0. The van der Waals surface area contributed by atoms with Crippen LogP contribution in [0.25, 0.3) is 0 Å². The molecule has 92 valence electrons. The van der Waals surface area contributed by atoms with E-state index in [0.29, 0.717) is 0 Å². The van der Waals surface area contributed by atoms with E-state index in [2.05, 4.69) is 29.7 Å². The summed E-state index contributed by atoms with van der Waals surface area (Å²) in [5, 5.41) is 0. The van der Waals surface area contributed by atoms with Gasteiger partial charge in [0.15, 0.2) is 0 Å². The third-order valence-electron chi connectivity index (χ3n) is 0.672. The first kappa shape index (κ1) is 15.3. The summed E-state index contributed by atoms with van der Waals surface area (Å²) in [6.45, 7) is 0. The van der Waals surface area contributed by atoms with E-state index < -0.39 is 23.5 Å². The third-order valence-corrected chi connectivity index (χ3v) is 4.47. The van der Waals surface area contributed by atoms with Gasteiger partial charge in [-0.3, -0.25) is 0 Å². The summed E-state index contributed by atoms with van der Waals surface area (Å²) in [6.07, 6.45) is 0. The van der Waals surface area contributed by atoms with Crippen LogP contribution in [0.1, 0.15) is 0 Å². The number of phosphoric acid groups is 3. The Morgan fingerprint density at radius 2 is 1.33 bits per heavy atom. The highest BCUT2D eigenvalue weighted by Gasteiger charge is 2.43. The van der Waals surface area contributed by atoms with Gasteiger partial charge in [0.2, 0.25) is 0 Å². The molecule has 15 heteroatoms. The minimum atomic E-state index is -5.32. The topological polar surface area (TPSA) is 201 Å². The van der Waals surface area contributed by atoms with Crippen LogP contribution in [0.4, 0.5) is 0 Å². The number of hydrogen-bond acceptors (Lipinski definition) is 9. The monoisotopic (exact) mass is 288 g/mol. The van der Waals surface area contributed by atoms with E-state index in [1.54, 1.807) is 0 Å². The molecule has 15 heavy (non-hydrogen) atoms. The van der Waals surface area contributed by atoms with Gasteiger partial charge in [0.1, 0.15) is 0 Å². The van der Waals surface area contributed by atoms with E-state index in [4.69, 9.17) is 14.7 Å². The molecule has 2 atom stereocenters. The Morgan fingerprint density at radius 1 is 0.867 bits per heavy atom. The van der Waals surface area contributed by atoms with Crippen molar-refractivity contribution >= 4 is 23.5 Å². The van der Waals surface area contributed by atoms with Crippen molar-refractivity contribution in [1.29, 1.82) is 0 Å². The highest BCUT2D eigenvalue weighted by molar-refractivity contribution is 7.67. The molecule has 7 N–H and O–H groups in total. The molecule has 0 radical (unpaired) electrons. The van der Waals surface area contributed by atoms with Crippen LogP contribution in [0, 0.1) is 0 Å². The maximum absolute atomic E-state index is 11.0. The van der Waals surface area contributed by atoms with Crippen LogP contribution < -0.4 is 11.8 Å². The van der Waals surface area contributed by atoms with E-state index in [0.717, 1.165) is 0 Å². The zero-order valence-electron chi connectivity index (χ0n) is 6.70. The zero-order valence-corrected chi connectivity index (χ0v) is 9.38. The van der Waals surface area contributed by atoms with Crippen molar-refractivity contribution in [2.45, 2.75) is 0 Å². The molecule has 0 aromatic rings. The van der Waals surface area contributed by atoms with Crippen molar-refractivity contribution in [1.82, 2.24) is 0 Å². The number of nitrogens with two attached hydrogens (primary N) is 2. The van der Waals surface area contributed by atoms with E-state index in [-0.39, 0.29) is 0 Å². The molecule has 2 unspecified atom stereocenters. The smallest absolute Gasteiger partial charge is 0.302 e. The SMILES string of the molecule is NOP(=O)(O)OP(=O)(ON)OP(=O)(O)O. The van der Waals surface area contributed by atoms with Crippen LogP contribution in [0.2, 0.25) is 0 Å². The predicted octanol–water partition coefficient (Wildman–Crippen LogP) is -0.899. The summed E-state index contributed by atoms with van der Waals surface area (Å²) in [5.41, 5.74) is 0. The van der Waals surface area contributed by atoms with Gasteiger partial charge in [-0.2, -0.15) is 8.62 Å². The van der Waals surface area contributed by atoms with Gasteiger partial charge in [-0.1, -0.05) is 0 Å². The molecule has 0 saturated carbocycles. The van der Waals surface area contributed by atoms with Crippen molar-refractivity contribution in [3.05, 3.63) is 0 Å². The molecule has 12 nitrogen and oxygen atoms in total. The Balaban J connectivity index is 4.82. The maximum atomic E-state index is 11.0. The lowest BCUT2D eigenvalue weighted by Crippen LogP contribution is -2.05. The van der Waals surface area contributed by atoms with Gasteiger partial charge in [-0.15, -0.1) is 0 Å². The van der Waals surface area contributed by atoms with Crippen LogP contribution in [-0.2, 0) is 31.6 Å². The molecule has 0 heterocycles. The minimum absolute atomic E-state index is 3.30. The molecule has 0 amide bonds. The molecule has 0 aliphatic rings. The first-order chi connectivity index (χ1) is 6.54. The molecule has 0 aliphatic heterocycles. The van der Waals surface area contributed by atoms with Gasteiger partial charge in [-0.25, -0.2) is 34.7 Å². The largest absolute Gasteiger partial charge is 0.509 e. The van der Waals surface area contributed by atoms with Gasteiger partial charge in [0.25, 0.3) is 0 Å². The van der Waals surface area contributed by atoms with Crippen LogP contribution in [0.3, 0.4) is 0 Å². The zero-order chi connectivity index (χ0) is 12.3. The molecule has 0 fully saturated rings. The van der Waals surface area contributed by atoms with Gasteiger partial charge >= 0.3 is 23.5 Å². The molecule has 0 bridgehead atoms. The van der Waals surface area contributed by atoms with E-state index in [1.807, 2.05) is 0 Å². The lowest BCUT2D eigenvalue weighted by atomic mass is 13.6. The van der Waals surface area contributed by atoms with Gasteiger partial charge in [0.05, 0.1) is 0 Å². The lowest BCUT2D eigenvalue weighted by Gasteiger charge is -2.16. The molecule has 0 rings (SSSR count). The second kappa shape index (κ2) is 5.11. The Kier molecular flexibility index (Phi) is 5.22. The van der Waals surface area contributed by atoms with Crippen LogP contribution >= 0.6 is 23.5 Å². The van der Waals surface area contributed by atoms with Crippen LogP contribution in [0.5, 0.6) is 0 Å². The third kappa shape index (κ3) is 6.48. The molecule has 0 aromatic carbocycles. The van der Waals surface area contributed by atoms with E-state index >= 15 is 0 Å². The summed E-state index contributed by atoms with van der Waals surface area (Å²) >= 11 is 0. The molecule has 0 aliphatic carbocycles. The fourth-order valence-electron chi connectivity index (χ4n) is 0.329. The van der Waals surface area contributed by atoms with Gasteiger partial charge in [-0.05, 0) is 0 Å². The molecular weight excluding hydrogens is 281 g/mol. The van der Waals surface area contributed by atoms with Crippen molar-refractivity contribution in [2.24, 2.45) is 11.8 Å². The van der Waals surface area contributed by atoms with Gasteiger partial charge in [0, 0.05) is 0 Å². The number of hydrogen-bond donors (Lipinski definition) is 5. The Hall–Kier alpha value is 0.330. The Labute approximate surface area is 82.4 Å². The highest BCUT2D eigenvalue weighted by Crippen LogP contribution is 2.67. The summed E-state index contributed by atoms with van der Waals surface area (Å²) in [7, 11) is -15.5. The molecule has 0 spiro atoms. The quantitative estimate of drug-likeness (QED) is 0.298. The van der Waals surface area contributed by atoms with Gasteiger partial charge < -0.3 is 14.7 Å². The minimum Gasteiger partial charge on any atom is -0.302 e. The van der Waals surface area contributed by atoms with Crippen LogP contribution in [-0.4, -0.2) is 14.7 Å². The predicted molar refractivity (Wildman–Crippen MR) is 42.2 cm³/mol. The van der Waals surface area contributed by atoms with E-state index in [1.165, 1.54) is 0 Å².